The second kappa shape index (κ2) is 5.60. The molecule has 4 rings (SSSR count). The Bertz CT molecular complexity index is 905. The topological polar surface area (TPSA) is 73.5 Å². The van der Waals surface area contributed by atoms with Crippen molar-refractivity contribution in [3.63, 3.8) is 0 Å². The van der Waals surface area contributed by atoms with Crippen molar-refractivity contribution in [1.29, 1.82) is 5.26 Å². The lowest BCUT2D eigenvalue weighted by Crippen LogP contribution is -2.40. The third-order valence-corrected chi connectivity index (χ3v) is 4.99. The van der Waals surface area contributed by atoms with Gasteiger partial charge in [-0.15, -0.1) is 0 Å². The number of rotatable bonds is 3. The SMILES string of the molecule is CC(C)(C#N)CN1CCC(n2cnc3cnc4[nH]ccc4c32)CC1. The van der Waals surface area contributed by atoms with E-state index in [0.29, 0.717) is 6.04 Å². The molecule has 1 N–H and O–H groups in total. The number of imidazole rings is 1. The van der Waals surface area contributed by atoms with E-state index in [9.17, 15) is 5.26 Å². The molecule has 0 radical (unpaired) electrons. The molecule has 0 atom stereocenters. The van der Waals surface area contributed by atoms with E-state index in [1.54, 1.807) is 0 Å². The maximum Gasteiger partial charge on any atom is 0.139 e. The molecule has 1 aliphatic rings. The summed E-state index contributed by atoms with van der Waals surface area (Å²) in [5, 5.41) is 10.4. The summed E-state index contributed by atoms with van der Waals surface area (Å²) in [6, 6.07) is 4.93. The molecule has 1 saturated heterocycles. The lowest BCUT2D eigenvalue weighted by Gasteiger charge is -2.35. The van der Waals surface area contributed by atoms with Crippen LogP contribution in [0.15, 0.2) is 24.8 Å². The van der Waals surface area contributed by atoms with Crippen molar-refractivity contribution >= 4 is 22.1 Å². The molecule has 0 amide bonds. The Balaban J connectivity index is 1.57. The fourth-order valence-electron chi connectivity index (χ4n) is 3.76. The minimum absolute atomic E-state index is 0.280. The molecular formula is C18H22N6. The van der Waals surface area contributed by atoms with Crippen molar-refractivity contribution in [2.45, 2.75) is 32.7 Å². The minimum Gasteiger partial charge on any atom is -0.346 e. The maximum absolute atomic E-state index is 9.23. The first-order chi connectivity index (χ1) is 11.6. The number of nitrogens with zero attached hydrogens (tertiary/aromatic N) is 5. The van der Waals surface area contributed by atoms with Gasteiger partial charge in [0.1, 0.15) is 11.2 Å². The predicted octanol–water partition coefficient (Wildman–Crippen LogP) is 3.10. The highest BCUT2D eigenvalue weighted by Gasteiger charge is 2.27. The molecule has 4 heterocycles. The van der Waals surface area contributed by atoms with Crippen LogP contribution in [0.25, 0.3) is 22.1 Å². The van der Waals surface area contributed by atoms with Crippen LogP contribution in [0, 0.1) is 16.7 Å². The van der Waals surface area contributed by atoms with Gasteiger partial charge in [0, 0.05) is 37.3 Å². The van der Waals surface area contributed by atoms with Crippen molar-refractivity contribution < 1.29 is 0 Å². The van der Waals surface area contributed by atoms with E-state index in [4.69, 9.17) is 0 Å². The van der Waals surface area contributed by atoms with E-state index in [0.717, 1.165) is 49.0 Å². The number of aromatic amines is 1. The molecule has 0 aliphatic carbocycles. The van der Waals surface area contributed by atoms with E-state index >= 15 is 0 Å². The zero-order valence-electron chi connectivity index (χ0n) is 14.2. The van der Waals surface area contributed by atoms with Gasteiger partial charge in [-0.3, -0.25) is 0 Å². The number of fused-ring (bicyclic) bond motifs is 3. The van der Waals surface area contributed by atoms with Crippen LogP contribution in [0.2, 0.25) is 0 Å². The molecule has 0 aromatic carbocycles. The van der Waals surface area contributed by atoms with Crippen molar-refractivity contribution in [2.75, 3.05) is 19.6 Å². The van der Waals surface area contributed by atoms with Crippen molar-refractivity contribution in [2.24, 2.45) is 5.41 Å². The summed E-state index contributed by atoms with van der Waals surface area (Å²) in [5.41, 5.74) is 2.77. The zero-order chi connectivity index (χ0) is 16.7. The fourth-order valence-corrected chi connectivity index (χ4v) is 3.76. The second-order valence-electron chi connectivity index (χ2n) is 7.39. The zero-order valence-corrected chi connectivity index (χ0v) is 14.2. The molecule has 0 saturated carbocycles. The van der Waals surface area contributed by atoms with Crippen molar-refractivity contribution in [1.82, 2.24) is 24.4 Å². The fraction of sp³-hybridized carbons (Fsp3) is 0.500. The van der Waals surface area contributed by atoms with Crippen LogP contribution in [0.1, 0.15) is 32.7 Å². The van der Waals surface area contributed by atoms with Crippen LogP contribution >= 0.6 is 0 Å². The van der Waals surface area contributed by atoms with Gasteiger partial charge in [-0.1, -0.05) is 0 Å². The van der Waals surface area contributed by atoms with Gasteiger partial charge in [0.15, 0.2) is 0 Å². The normalized spacial score (nSPS) is 17.5. The summed E-state index contributed by atoms with van der Waals surface area (Å²) in [6.07, 6.45) is 7.90. The van der Waals surface area contributed by atoms with Crippen LogP contribution in [0.4, 0.5) is 0 Å². The molecule has 0 spiro atoms. The van der Waals surface area contributed by atoms with Crippen LogP contribution in [0.3, 0.4) is 0 Å². The van der Waals surface area contributed by atoms with Gasteiger partial charge in [0.2, 0.25) is 0 Å². The molecule has 3 aromatic rings. The Morgan fingerprint density at radius 2 is 2.12 bits per heavy atom. The van der Waals surface area contributed by atoms with Crippen LogP contribution in [-0.2, 0) is 0 Å². The molecule has 124 valence electrons. The van der Waals surface area contributed by atoms with Gasteiger partial charge in [0.25, 0.3) is 0 Å². The first-order valence-corrected chi connectivity index (χ1v) is 8.50. The number of hydrogen-bond donors (Lipinski definition) is 1. The van der Waals surface area contributed by atoms with E-state index in [2.05, 4.69) is 36.6 Å². The second-order valence-corrected chi connectivity index (χ2v) is 7.39. The van der Waals surface area contributed by atoms with Gasteiger partial charge < -0.3 is 14.5 Å². The Kier molecular flexibility index (Phi) is 3.54. The van der Waals surface area contributed by atoms with Gasteiger partial charge in [-0.25, -0.2) is 9.97 Å². The predicted molar refractivity (Wildman–Crippen MR) is 93.5 cm³/mol. The monoisotopic (exact) mass is 322 g/mol. The summed E-state index contributed by atoms with van der Waals surface area (Å²) in [5.74, 6) is 0. The smallest absolute Gasteiger partial charge is 0.139 e. The molecule has 1 aliphatic heterocycles. The lowest BCUT2D eigenvalue weighted by atomic mass is 9.93. The Labute approximate surface area is 141 Å². The number of hydrogen-bond acceptors (Lipinski definition) is 4. The van der Waals surface area contributed by atoms with Gasteiger partial charge in [0.05, 0.1) is 29.5 Å². The van der Waals surface area contributed by atoms with Gasteiger partial charge >= 0.3 is 0 Å². The third-order valence-electron chi connectivity index (χ3n) is 4.99. The lowest BCUT2D eigenvalue weighted by molar-refractivity contribution is 0.153. The standard InChI is InChI=1S/C18H22N6/c1-18(2,10-19)11-23-7-4-13(5-8-23)24-12-22-15-9-21-17-14(16(15)24)3-6-20-17/h3,6,9,12-13H,4-5,7-8,11H2,1-2H3,(H,20,21). The van der Waals surface area contributed by atoms with E-state index in [1.807, 2.05) is 32.6 Å². The third kappa shape index (κ3) is 2.55. The summed E-state index contributed by atoms with van der Waals surface area (Å²) in [4.78, 5) is 14.6. The summed E-state index contributed by atoms with van der Waals surface area (Å²) >= 11 is 0. The van der Waals surface area contributed by atoms with E-state index in [-0.39, 0.29) is 5.41 Å². The number of pyridine rings is 1. The molecule has 3 aromatic heterocycles. The average Bonchev–Trinajstić information content (AvgIpc) is 3.21. The molecule has 0 unspecified atom stereocenters. The number of aromatic nitrogens is 4. The molecule has 0 bridgehead atoms. The quantitative estimate of drug-likeness (QED) is 0.804. The highest BCUT2D eigenvalue weighted by molar-refractivity contribution is 6.00. The van der Waals surface area contributed by atoms with Crippen LogP contribution in [-0.4, -0.2) is 44.1 Å². The molecule has 6 heteroatoms. The largest absolute Gasteiger partial charge is 0.346 e. The Morgan fingerprint density at radius 1 is 1.33 bits per heavy atom. The van der Waals surface area contributed by atoms with Crippen molar-refractivity contribution in [3.05, 3.63) is 24.8 Å². The number of likely N-dealkylation sites (tertiary alicyclic amines) is 1. The number of piperidine rings is 1. The first-order valence-electron chi connectivity index (χ1n) is 8.50. The van der Waals surface area contributed by atoms with Crippen LogP contribution in [0.5, 0.6) is 0 Å². The first kappa shape index (κ1) is 15.2. The molecule has 1 fully saturated rings. The maximum atomic E-state index is 9.23. The van der Waals surface area contributed by atoms with Gasteiger partial charge in [-0.2, -0.15) is 5.26 Å². The van der Waals surface area contributed by atoms with E-state index < -0.39 is 0 Å². The van der Waals surface area contributed by atoms with Crippen molar-refractivity contribution in [3.8, 4) is 6.07 Å². The highest BCUT2D eigenvalue weighted by atomic mass is 15.2. The Morgan fingerprint density at radius 3 is 2.88 bits per heavy atom. The van der Waals surface area contributed by atoms with Crippen LogP contribution < -0.4 is 0 Å². The summed E-state index contributed by atoms with van der Waals surface area (Å²) in [6.45, 7) is 6.91. The molecular weight excluding hydrogens is 300 g/mol. The Hall–Kier alpha value is -2.39. The molecule has 6 nitrogen and oxygen atoms in total. The summed E-state index contributed by atoms with van der Waals surface area (Å²) in [7, 11) is 0. The minimum atomic E-state index is -0.280. The number of nitrogens with one attached hydrogen (secondary N) is 1. The van der Waals surface area contributed by atoms with E-state index in [1.165, 1.54) is 5.52 Å². The average molecular weight is 322 g/mol. The number of H-pyrrole nitrogens is 1. The molecule has 24 heavy (non-hydrogen) atoms. The summed E-state index contributed by atoms with van der Waals surface area (Å²) < 4.78 is 2.32. The highest BCUT2D eigenvalue weighted by Crippen LogP contribution is 2.30. The number of nitriles is 1. The van der Waals surface area contributed by atoms with Gasteiger partial charge in [-0.05, 0) is 32.8 Å².